The Kier molecular flexibility index (Phi) is 5.95. The van der Waals surface area contributed by atoms with Crippen LogP contribution in [0.1, 0.15) is 31.2 Å². The molecular weight excluding hydrogens is 389 g/mol. The van der Waals surface area contributed by atoms with E-state index in [9.17, 15) is 9.18 Å². The number of hydrogen-bond donors (Lipinski definition) is 2. The standard InChI is InChI=1S/C23H23ClFN3O/c24-16-3-10-20-21(11-12-26-22(20)14-16)27-18-6-8-19(9-7-18)28-23(29)13-15-1-4-17(25)5-2-15/h1-5,10-12,14,18-19H,6-9,13H2,(H,26,27)(H,28,29)/t18-,19+. The van der Waals surface area contributed by atoms with Crippen LogP contribution < -0.4 is 10.6 Å². The molecule has 4 rings (SSSR count). The maximum absolute atomic E-state index is 13.0. The summed E-state index contributed by atoms with van der Waals surface area (Å²) in [5.41, 5.74) is 2.77. The molecule has 1 aliphatic rings. The van der Waals surface area contributed by atoms with Crippen molar-refractivity contribution in [3.05, 3.63) is 71.1 Å². The summed E-state index contributed by atoms with van der Waals surface area (Å²) < 4.78 is 13.0. The van der Waals surface area contributed by atoms with Crippen LogP contribution in [0.5, 0.6) is 0 Å². The minimum Gasteiger partial charge on any atom is -0.382 e. The number of amides is 1. The predicted octanol–water partition coefficient (Wildman–Crippen LogP) is 5.11. The Hall–Kier alpha value is -2.66. The lowest BCUT2D eigenvalue weighted by Crippen LogP contribution is -2.40. The summed E-state index contributed by atoms with van der Waals surface area (Å²) in [6, 6.07) is 14.4. The fourth-order valence-electron chi connectivity index (χ4n) is 3.92. The zero-order valence-electron chi connectivity index (χ0n) is 16.0. The van der Waals surface area contributed by atoms with Gasteiger partial charge in [-0.05, 0) is 67.6 Å². The number of benzene rings is 2. The predicted molar refractivity (Wildman–Crippen MR) is 115 cm³/mol. The third-order valence-corrected chi connectivity index (χ3v) is 5.67. The van der Waals surface area contributed by atoms with Crippen molar-refractivity contribution in [3.63, 3.8) is 0 Å². The molecule has 0 radical (unpaired) electrons. The number of nitrogens with one attached hydrogen (secondary N) is 2. The molecule has 1 fully saturated rings. The Labute approximate surface area is 174 Å². The lowest BCUT2D eigenvalue weighted by atomic mass is 9.90. The molecule has 0 atom stereocenters. The number of nitrogens with zero attached hydrogens (tertiary/aromatic N) is 1. The summed E-state index contributed by atoms with van der Waals surface area (Å²) in [5.74, 6) is -0.296. The van der Waals surface area contributed by atoms with E-state index in [1.165, 1.54) is 12.1 Å². The molecule has 1 aliphatic carbocycles. The van der Waals surface area contributed by atoms with Crippen LogP contribution >= 0.6 is 11.6 Å². The van der Waals surface area contributed by atoms with Crippen molar-refractivity contribution in [1.82, 2.24) is 10.3 Å². The van der Waals surface area contributed by atoms with E-state index >= 15 is 0 Å². The molecule has 150 valence electrons. The number of rotatable bonds is 5. The fraction of sp³-hybridized carbons (Fsp3) is 0.304. The first-order valence-electron chi connectivity index (χ1n) is 9.91. The Morgan fingerprint density at radius 2 is 1.76 bits per heavy atom. The first kappa shape index (κ1) is 19.6. The van der Waals surface area contributed by atoms with Crippen molar-refractivity contribution in [1.29, 1.82) is 0 Å². The van der Waals surface area contributed by atoms with Crippen LogP contribution in [0, 0.1) is 5.82 Å². The van der Waals surface area contributed by atoms with Crippen LogP contribution in [0.3, 0.4) is 0 Å². The quantitative estimate of drug-likeness (QED) is 0.613. The van der Waals surface area contributed by atoms with Gasteiger partial charge in [0.2, 0.25) is 5.91 Å². The van der Waals surface area contributed by atoms with Gasteiger partial charge >= 0.3 is 0 Å². The summed E-state index contributed by atoms with van der Waals surface area (Å²) in [5, 5.41) is 8.49. The summed E-state index contributed by atoms with van der Waals surface area (Å²) in [4.78, 5) is 16.7. The summed E-state index contributed by atoms with van der Waals surface area (Å²) in [6.07, 6.45) is 5.91. The third kappa shape index (κ3) is 5.04. The van der Waals surface area contributed by atoms with E-state index in [4.69, 9.17) is 11.6 Å². The highest BCUT2D eigenvalue weighted by Crippen LogP contribution is 2.28. The fourth-order valence-corrected chi connectivity index (χ4v) is 4.08. The van der Waals surface area contributed by atoms with Crippen molar-refractivity contribution in [2.75, 3.05) is 5.32 Å². The monoisotopic (exact) mass is 411 g/mol. The van der Waals surface area contributed by atoms with Crippen molar-refractivity contribution in [2.45, 2.75) is 44.2 Å². The zero-order chi connectivity index (χ0) is 20.2. The van der Waals surface area contributed by atoms with Gasteiger partial charge in [-0.1, -0.05) is 23.7 Å². The first-order valence-corrected chi connectivity index (χ1v) is 10.3. The number of pyridine rings is 1. The summed E-state index contributed by atoms with van der Waals surface area (Å²) >= 11 is 6.07. The molecule has 1 heterocycles. The Bertz CT molecular complexity index is 1000. The number of anilines is 1. The zero-order valence-corrected chi connectivity index (χ0v) is 16.8. The van der Waals surface area contributed by atoms with Gasteiger partial charge in [-0.25, -0.2) is 4.39 Å². The van der Waals surface area contributed by atoms with Gasteiger partial charge in [-0.15, -0.1) is 0 Å². The maximum atomic E-state index is 13.0. The number of aromatic nitrogens is 1. The van der Waals surface area contributed by atoms with Gasteiger partial charge in [-0.3, -0.25) is 9.78 Å². The smallest absolute Gasteiger partial charge is 0.224 e. The van der Waals surface area contributed by atoms with Gasteiger partial charge in [0.05, 0.1) is 11.9 Å². The molecule has 0 bridgehead atoms. The average molecular weight is 412 g/mol. The van der Waals surface area contributed by atoms with Crippen LogP contribution in [-0.4, -0.2) is 23.0 Å². The van der Waals surface area contributed by atoms with Gasteiger partial charge in [-0.2, -0.15) is 0 Å². The molecule has 0 spiro atoms. The Balaban J connectivity index is 1.29. The molecule has 29 heavy (non-hydrogen) atoms. The lowest BCUT2D eigenvalue weighted by molar-refractivity contribution is -0.121. The highest BCUT2D eigenvalue weighted by Gasteiger charge is 2.22. The number of hydrogen-bond acceptors (Lipinski definition) is 3. The highest BCUT2D eigenvalue weighted by atomic mass is 35.5. The van der Waals surface area contributed by atoms with Gasteiger partial charge in [0.25, 0.3) is 0 Å². The van der Waals surface area contributed by atoms with Crippen LogP contribution in [0.4, 0.5) is 10.1 Å². The molecule has 4 nitrogen and oxygen atoms in total. The summed E-state index contributed by atoms with van der Waals surface area (Å²) in [7, 11) is 0. The Morgan fingerprint density at radius 3 is 2.52 bits per heavy atom. The molecular formula is C23H23ClFN3O. The lowest BCUT2D eigenvalue weighted by Gasteiger charge is -2.30. The SMILES string of the molecule is O=C(Cc1ccc(F)cc1)N[C@H]1CC[C@@H](Nc2ccnc3cc(Cl)ccc23)CC1. The molecule has 1 amide bonds. The van der Waals surface area contributed by atoms with Crippen molar-refractivity contribution in [2.24, 2.45) is 0 Å². The van der Waals surface area contributed by atoms with E-state index in [2.05, 4.69) is 15.6 Å². The van der Waals surface area contributed by atoms with E-state index in [1.54, 1.807) is 18.3 Å². The van der Waals surface area contributed by atoms with Crippen LogP contribution in [0.2, 0.25) is 5.02 Å². The van der Waals surface area contributed by atoms with E-state index < -0.39 is 0 Å². The van der Waals surface area contributed by atoms with Crippen molar-refractivity contribution >= 4 is 34.1 Å². The van der Waals surface area contributed by atoms with Gasteiger partial charge < -0.3 is 10.6 Å². The molecule has 0 aliphatic heterocycles. The highest BCUT2D eigenvalue weighted by molar-refractivity contribution is 6.31. The second-order valence-corrected chi connectivity index (χ2v) is 8.02. The molecule has 0 unspecified atom stereocenters. The summed E-state index contributed by atoms with van der Waals surface area (Å²) in [6.45, 7) is 0. The van der Waals surface area contributed by atoms with Crippen LogP contribution in [0.15, 0.2) is 54.7 Å². The second-order valence-electron chi connectivity index (χ2n) is 7.58. The van der Waals surface area contributed by atoms with Crippen LogP contribution in [0.25, 0.3) is 10.9 Å². The molecule has 1 aromatic heterocycles. The Morgan fingerprint density at radius 1 is 1.03 bits per heavy atom. The van der Waals surface area contributed by atoms with Crippen molar-refractivity contribution in [3.8, 4) is 0 Å². The average Bonchev–Trinajstić information content (AvgIpc) is 2.71. The van der Waals surface area contributed by atoms with Crippen LogP contribution in [-0.2, 0) is 11.2 Å². The molecule has 3 aromatic rings. The van der Waals surface area contributed by atoms with E-state index in [1.807, 2.05) is 24.3 Å². The molecule has 2 aromatic carbocycles. The second kappa shape index (κ2) is 8.78. The number of fused-ring (bicyclic) bond motifs is 1. The molecule has 1 saturated carbocycles. The van der Waals surface area contributed by atoms with E-state index in [0.29, 0.717) is 11.1 Å². The molecule has 6 heteroatoms. The molecule has 2 N–H and O–H groups in total. The van der Waals surface area contributed by atoms with E-state index in [-0.39, 0.29) is 24.2 Å². The van der Waals surface area contributed by atoms with E-state index in [0.717, 1.165) is 47.8 Å². The number of carbonyl (C=O) groups excluding carboxylic acids is 1. The van der Waals surface area contributed by atoms with Crippen molar-refractivity contribution < 1.29 is 9.18 Å². The number of carbonyl (C=O) groups is 1. The first-order chi connectivity index (χ1) is 14.1. The topological polar surface area (TPSA) is 54.0 Å². The maximum Gasteiger partial charge on any atom is 0.224 e. The van der Waals surface area contributed by atoms with Gasteiger partial charge in [0, 0.05) is 34.4 Å². The normalized spacial score (nSPS) is 19.1. The van der Waals surface area contributed by atoms with Gasteiger partial charge in [0.1, 0.15) is 5.82 Å². The minimum atomic E-state index is -0.287. The number of halogens is 2. The van der Waals surface area contributed by atoms with Gasteiger partial charge in [0.15, 0.2) is 0 Å². The largest absolute Gasteiger partial charge is 0.382 e. The minimum absolute atomic E-state index is 0.00924. The molecule has 0 saturated heterocycles. The third-order valence-electron chi connectivity index (χ3n) is 5.43.